The van der Waals surface area contributed by atoms with Gasteiger partial charge in [0.05, 0.1) is 17.8 Å². The van der Waals surface area contributed by atoms with E-state index in [9.17, 15) is 9.59 Å². The summed E-state index contributed by atoms with van der Waals surface area (Å²) in [5, 5.41) is 11.3. The number of anilines is 2. The Balaban J connectivity index is 1.41. The van der Waals surface area contributed by atoms with Crippen LogP contribution in [0.25, 0.3) is 10.8 Å². The van der Waals surface area contributed by atoms with Crippen molar-refractivity contribution in [3.05, 3.63) is 72.3 Å². The molecule has 0 bridgehead atoms. The van der Waals surface area contributed by atoms with E-state index >= 15 is 0 Å². The first kappa shape index (κ1) is 19.0. The quantitative estimate of drug-likeness (QED) is 0.581. The molecule has 0 aliphatic heterocycles. The van der Waals surface area contributed by atoms with Gasteiger partial charge in [-0.3, -0.25) is 9.59 Å². The average molecular weight is 387 g/mol. The highest BCUT2D eigenvalue weighted by atomic mass is 16.2. The van der Waals surface area contributed by atoms with E-state index in [1.165, 1.54) is 0 Å². The Hall–Kier alpha value is -3.34. The van der Waals surface area contributed by atoms with E-state index in [1.54, 1.807) is 12.1 Å². The van der Waals surface area contributed by atoms with Gasteiger partial charge in [0, 0.05) is 17.1 Å². The summed E-state index contributed by atoms with van der Waals surface area (Å²) in [6, 6.07) is 21.4. The molecule has 1 aliphatic carbocycles. The molecule has 3 aromatic carbocycles. The van der Waals surface area contributed by atoms with Crippen LogP contribution in [0.5, 0.6) is 0 Å². The number of hydrogen-bond donors (Lipinski definition) is 3. The van der Waals surface area contributed by atoms with Crippen molar-refractivity contribution in [1.29, 1.82) is 0 Å². The molecule has 0 atom stereocenters. The molecule has 0 aromatic heterocycles. The second kappa shape index (κ2) is 8.78. The van der Waals surface area contributed by atoms with Crippen molar-refractivity contribution in [1.82, 2.24) is 5.32 Å². The zero-order valence-electron chi connectivity index (χ0n) is 16.3. The second-order valence-corrected chi connectivity index (χ2v) is 7.43. The number of carbonyl (C=O) groups excluding carboxylic acids is 2. The van der Waals surface area contributed by atoms with Crippen LogP contribution in [0.4, 0.5) is 11.4 Å². The first-order chi connectivity index (χ1) is 14.2. The van der Waals surface area contributed by atoms with Gasteiger partial charge in [0.25, 0.3) is 5.91 Å². The summed E-state index contributed by atoms with van der Waals surface area (Å²) in [5.74, 6) is -0.325. The lowest BCUT2D eigenvalue weighted by molar-refractivity contribution is -0.114. The summed E-state index contributed by atoms with van der Waals surface area (Å²) in [6.45, 7) is 0.118. The van der Waals surface area contributed by atoms with Gasteiger partial charge in [-0.05, 0) is 36.4 Å². The molecule has 3 N–H and O–H groups in total. The number of amides is 2. The Morgan fingerprint density at radius 1 is 0.828 bits per heavy atom. The van der Waals surface area contributed by atoms with Gasteiger partial charge in [0.2, 0.25) is 5.91 Å². The van der Waals surface area contributed by atoms with Crippen molar-refractivity contribution in [3.8, 4) is 0 Å². The Kier molecular flexibility index (Phi) is 5.75. The SMILES string of the molecule is O=C(CNc1cccc2ccccc12)Nc1ccccc1C(=O)NC1CCCC1. The molecule has 1 saturated carbocycles. The van der Waals surface area contributed by atoms with Crippen molar-refractivity contribution in [2.75, 3.05) is 17.2 Å². The number of rotatable bonds is 6. The molecule has 5 nitrogen and oxygen atoms in total. The molecule has 0 spiro atoms. The number of nitrogens with one attached hydrogen (secondary N) is 3. The second-order valence-electron chi connectivity index (χ2n) is 7.43. The van der Waals surface area contributed by atoms with E-state index in [2.05, 4.69) is 16.0 Å². The summed E-state index contributed by atoms with van der Waals surface area (Å²) < 4.78 is 0. The van der Waals surface area contributed by atoms with Crippen LogP contribution in [-0.2, 0) is 4.79 Å². The van der Waals surface area contributed by atoms with Crippen LogP contribution in [0, 0.1) is 0 Å². The van der Waals surface area contributed by atoms with Crippen LogP contribution < -0.4 is 16.0 Å². The number of hydrogen-bond acceptors (Lipinski definition) is 3. The third-order valence-corrected chi connectivity index (χ3v) is 5.37. The minimum Gasteiger partial charge on any atom is -0.376 e. The summed E-state index contributed by atoms with van der Waals surface area (Å²) in [6.07, 6.45) is 4.36. The monoisotopic (exact) mass is 387 g/mol. The van der Waals surface area contributed by atoms with E-state index in [0.717, 1.165) is 42.1 Å². The molecular formula is C24H25N3O2. The predicted octanol–water partition coefficient (Wildman–Crippen LogP) is 4.56. The molecule has 0 unspecified atom stereocenters. The van der Waals surface area contributed by atoms with Gasteiger partial charge in [-0.25, -0.2) is 0 Å². The zero-order chi connectivity index (χ0) is 20.1. The normalized spacial score (nSPS) is 13.9. The molecule has 2 amide bonds. The van der Waals surface area contributed by atoms with Crippen molar-refractivity contribution in [2.24, 2.45) is 0 Å². The number of para-hydroxylation sites is 1. The summed E-state index contributed by atoms with van der Waals surface area (Å²) >= 11 is 0. The molecule has 4 rings (SSSR count). The third-order valence-electron chi connectivity index (χ3n) is 5.37. The van der Waals surface area contributed by atoms with Crippen LogP contribution in [-0.4, -0.2) is 24.4 Å². The summed E-state index contributed by atoms with van der Waals surface area (Å²) in [5.41, 5.74) is 1.94. The fourth-order valence-electron chi connectivity index (χ4n) is 3.87. The van der Waals surface area contributed by atoms with E-state index < -0.39 is 0 Å². The van der Waals surface area contributed by atoms with Gasteiger partial charge in [0.15, 0.2) is 0 Å². The van der Waals surface area contributed by atoms with Crippen LogP contribution in [0.15, 0.2) is 66.7 Å². The van der Waals surface area contributed by atoms with Crippen LogP contribution in [0.3, 0.4) is 0 Å². The van der Waals surface area contributed by atoms with E-state index in [1.807, 2.05) is 54.6 Å². The highest BCUT2D eigenvalue weighted by molar-refractivity contribution is 6.05. The Labute approximate surface area is 170 Å². The lowest BCUT2D eigenvalue weighted by atomic mass is 10.1. The minimum absolute atomic E-state index is 0.118. The maximum absolute atomic E-state index is 12.7. The fraction of sp³-hybridized carbons (Fsp3) is 0.250. The Morgan fingerprint density at radius 3 is 2.38 bits per heavy atom. The Morgan fingerprint density at radius 2 is 1.52 bits per heavy atom. The molecule has 5 heteroatoms. The van der Waals surface area contributed by atoms with E-state index in [4.69, 9.17) is 0 Å². The highest BCUT2D eigenvalue weighted by Gasteiger charge is 2.20. The number of fused-ring (bicyclic) bond motifs is 1. The Bertz CT molecular complexity index is 1020. The van der Waals surface area contributed by atoms with Crippen molar-refractivity contribution >= 4 is 34.0 Å². The minimum atomic E-state index is -0.195. The lowest BCUT2D eigenvalue weighted by Gasteiger charge is -2.15. The van der Waals surface area contributed by atoms with Gasteiger partial charge < -0.3 is 16.0 Å². The van der Waals surface area contributed by atoms with E-state index in [-0.39, 0.29) is 24.4 Å². The third kappa shape index (κ3) is 4.57. The van der Waals surface area contributed by atoms with Gasteiger partial charge >= 0.3 is 0 Å². The average Bonchev–Trinajstić information content (AvgIpc) is 3.25. The first-order valence-corrected chi connectivity index (χ1v) is 10.1. The predicted molar refractivity (Wildman–Crippen MR) is 117 cm³/mol. The molecule has 1 aliphatic rings. The highest BCUT2D eigenvalue weighted by Crippen LogP contribution is 2.23. The van der Waals surface area contributed by atoms with Crippen LogP contribution >= 0.6 is 0 Å². The lowest BCUT2D eigenvalue weighted by Crippen LogP contribution is -2.33. The number of benzene rings is 3. The molecule has 3 aromatic rings. The molecule has 0 heterocycles. The van der Waals surface area contributed by atoms with E-state index in [0.29, 0.717) is 11.3 Å². The standard InChI is InChI=1S/C24H25N3O2/c28-23(16-25-21-15-7-9-17-8-1-4-12-19(17)21)27-22-14-6-5-13-20(22)24(29)26-18-10-2-3-11-18/h1,4-9,12-15,18,25H,2-3,10-11,16H2,(H,26,29)(H,27,28). The molecule has 29 heavy (non-hydrogen) atoms. The van der Waals surface area contributed by atoms with Gasteiger partial charge in [0.1, 0.15) is 0 Å². The smallest absolute Gasteiger partial charge is 0.253 e. The topological polar surface area (TPSA) is 70.2 Å². The maximum Gasteiger partial charge on any atom is 0.253 e. The van der Waals surface area contributed by atoms with Gasteiger partial charge in [-0.1, -0.05) is 61.4 Å². The largest absolute Gasteiger partial charge is 0.376 e. The van der Waals surface area contributed by atoms with Crippen LogP contribution in [0.1, 0.15) is 36.0 Å². The molecule has 148 valence electrons. The van der Waals surface area contributed by atoms with Gasteiger partial charge in [-0.2, -0.15) is 0 Å². The summed E-state index contributed by atoms with van der Waals surface area (Å²) in [4.78, 5) is 25.2. The molecule has 1 fully saturated rings. The molecular weight excluding hydrogens is 362 g/mol. The molecule has 0 saturated heterocycles. The van der Waals surface area contributed by atoms with Crippen LogP contribution in [0.2, 0.25) is 0 Å². The fourth-order valence-corrected chi connectivity index (χ4v) is 3.87. The molecule has 0 radical (unpaired) electrons. The number of carbonyl (C=O) groups is 2. The zero-order valence-corrected chi connectivity index (χ0v) is 16.3. The first-order valence-electron chi connectivity index (χ1n) is 10.1. The van der Waals surface area contributed by atoms with Gasteiger partial charge in [-0.15, -0.1) is 0 Å². The van der Waals surface area contributed by atoms with Crippen molar-refractivity contribution < 1.29 is 9.59 Å². The maximum atomic E-state index is 12.7. The van der Waals surface area contributed by atoms with Crippen molar-refractivity contribution in [2.45, 2.75) is 31.7 Å². The summed E-state index contributed by atoms with van der Waals surface area (Å²) in [7, 11) is 0. The van der Waals surface area contributed by atoms with Crippen molar-refractivity contribution in [3.63, 3.8) is 0 Å².